The number of halogens is 1. The van der Waals surface area contributed by atoms with Crippen LogP contribution in [0.3, 0.4) is 0 Å². The molecular weight excluding hydrogens is 420 g/mol. The average Bonchev–Trinajstić information content (AvgIpc) is 3.29. The summed E-state index contributed by atoms with van der Waals surface area (Å²) in [5.41, 5.74) is 2.81. The first-order chi connectivity index (χ1) is 14.6. The molecule has 4 aromatic rings. The molecule has 4 rings (SSSR count). The van der Waals surface area contributed by atoms with Gasteiger partial charge in [-0.2, -0.15) is 10.4 Å². The SMILES string of the molecule is Cc1nn(Cc2ccccc2)c(Cl)c1C(=O)Nc1nc(-c2ccccn2)c(C#N)s1. The van der Waals surface area contributed by atoms with Gasteiger partial charge in [-0.3, -0.25) is 15.1 Å². The molecule has 0 radical (unpaired) electrons. The fraction of sp³-hybridized carbons (Fsp3) is 0.0952. The van der Waals surface area contributed by atoms with Gasteiger partial charge in [-0.05, 0) is 24.6 Å². The van der Waals surface area contributed by atoms with E-state index >= 15 is 0 Å². The molecule has 3 heterocycles. The van der Waals surface area contributed by atoms with Crippen molar-refractivity contribution < 1.29 is 4.79 Å². The maximum Gasteiger partial charge on any atom is 0.262 e. The molecule has 0 aliphatic carbocycles. The smallest absolute Gasteiger partial charge is 0.262 e. The minimum atomic E-state index is -0.428. The normalized spacial score (nSPS) is 10.6. The number of hydrogen-bond acceptors (Lipinski definition) is 6. The highest BCUT2D eigenvalue weighted by Crippen LogP contribution is 2.30. The average molecular weight is 435 g/mol. The Morgan fingerprint density at radius 2 is 2.00 bits per heavy atom. The summed E-state index contributed by atoms with van der Waals surface area (Å²) in [5.74, 6) is -0.428. The minimum Gasteiger partial charge on any atom is -0.298 e. The number of nitrogens with zero attached hydrogens (tertiary/aromatic N) is 5. The van der Waals surface area contributed by atoms with Crippen LogP contribution in [-0.4, -0.2) is 25.7 Å². The van der Waals surface area contributed by atoms with Crippen molar-refractivity contribution in [3.8, 4) is 17.5 Å². The van der Waals surface area contributed by atoms with Crippen molar-refractivity contribution in [2.45, 2.75) is 13.5 Å². The van der Waals surface area contributed by atoms with E-state index in [0.717, 1.165) is 16.9 Å². The first kappa shape index (κ1) is 19.8. The van der Waals surface area contributed by atoms with Gasteiger partial charge in [0, 0.05) is 6.20 Å². The van der Waals surface area contributed by atoms with Crippen molar-refractivity contribution in [3.63, 3.8) is 0 Å². The zero-order valence-corrected chi connectivity index (χ0v) is 17.4. The zero-order chi connectivity index (χ0) is 21.1. The number of amides is 1. The highest BCUT2D eigenvalue weighted by molar-refractivity contribution is 7.16. The highest BCUT2D eigenvalue weighted by atomic mass is 35.5. The Kier molecular flexibility index (Phi) is 5.57. The van der Waals surface area contributed by atoms with Crippen molar-refractivity contribution in [2.24, 2.45) is 0 Å². The Morgan fingerprint density at radius 3 is 2.70 bits per heavy atom. The number of rotatable bonds is 5. The molecule has 1 aromatic carbocycles. The molecule has 0 atom stereocenters. The Balaban J connectivity index is 1.59. The molecule has 9 heteroatoms. The number of carbonyl (C=O) groups excluding carboxylic acids is 1. The molecule has 0 aliphatic rings. The number of nitriles is 1. The Hall–Kier alpha value is -3.54. The number of anilines is 1. The van der Waals surface area contributed by atoms with Crippen LogP contribution in [-0.2, 0) is 6.54 Å². The van der Waals surface area contributed by atoms with Gasteiger partial charge in [-0.1, -0.05) is 59.3 Å². The van der Waals surface area contributed by atoms with Crippen LogP contribution in [0.15, 0.2) is 54.7 Å². The van der Waals surface area contributed by atoms with Crippen molar-refractivity contribution in [2.75, 3.05) is 5.32 Å². The second-order valence-corrected chi connectivity index (χ2v) is 7.73. The lowest BCUT2D eigenvalue weighted by molar-refractivity contribution is 0.102. The van der Waals surface area contributed by atoms with E-state index in [9.17, 15) is 10.1 Å². The fourth-order valence-corrected chi connectivity index (χ4v) is 4.04. The second-order valence-electron chi connectivity index (χ2n) is 6.37. The molecule has 0 bridgehead atoms. The molecule has 30 heavy (non-hydrogen) atoms. The fourth-order valence-electron chi connectivity index (χ4n) is 2.96. The lowest BCUT2D eigenvalue weighted by atomic mass is 10.2. The van der Waals surface area contributed by atoms with Crippen LogP contribution in [0.5, 0.6) is 0 Å². The molecule has 1 N–H and O–H groups in total. The summed E-state index contributed by atoms with van der Waals surface area (Å²) in [4.78, 5) is 21.9. The van der Waals surface area contributed by atoms with E-state index in [0.29, 0.717) is 33.6 Å². The quantitative estimate of drug-likeness (QED) is 0.497. The molecule has 148 valence electrons. The summed E-state index contributed by atoms with van der Waals surface area (Å²) in [6.07, 6.45) is 1.62. The summed E-state index contributed by atoms with van der Waals surface area (Å²) in [6.45, 7) is 2.18. The van der Waals surface area contributed by atoms with Crippen molar-refractivity contribution in [3.05, 3.63) is 81.6 Å². The molecule has 0 unspecified atom stereocenters. The van der Waals surface area contributed by atoms with Crippen LogP contribution in [0.4, 0.5) is 5.13 Å². The number of pyridine rings is 1. The topological polar surface area (TPSA) is 96.5 Å². The minimum absolute atomic E-state index is 0.246. The summed E-state index contributed by atoms with van der Waals surface area (Å²) in [7, 11) is 0. The Morgan fingerprint density at radius 1 is 1.23 bits per heavy atom. The number of aromatic nitrogens is 4. The van der Waals surface area contributed by atoms with Gasteiger partial charge >= 0.3 is 0 Å². The van der Waals surface area contributed by atoms with Gasteiger partial charge < -0.3 is 0 Å². The summed E-state index contributed by atoms with van der Waals surface area (Å²) >= 11 is 7.54. The van der Waals surface area contributed by atoms with Gasteiger partial charge in [0.25, 0.3) is 5.91 Å². The Bertz CT molecular complexity index is 1240. The van der Waals surface area contributed by atoms with E-state index in [4.69, 9.17) is 11.6 Å². The van der Waals surface area contributed by atoms with Gasteiger partial charge in [0.15, 0.2) is 5.13 Å². The molecule has 0 saturated carbocycles. The number of benzene rings is 1. The maximum atomic E-state index is 12.9. The van der Waals surface area contributed by atoms with E-state index in [1.807, 2.05) is 36.4 Å². The van der Waals surface area contributed by atoms with Crippen molar-refractivity contribution in [1.82, 2.24) is 19.7 Å². The zero-order valence-electron chi connectivity index (χ0n) is 15.8. The number of carbonyl (C=O) groups is 1. The molecule has 3 aromatic heterocycles. The van der Waals surface area contributed by atoms with E-state index in [-0.39, 0.29) is 10.7 Å². The standard InChI is InChI=1S/C21H15ClN6OS/c1-13-17(19(22)28(27-13)12-14-7-3-2-4-8-14)20(29)26-21-25-18(16(11-23)30-21)15-9-5-6-10-24-15/h2-10H,12H2,1H3,(H,25,26,29). The monoisotopic (exact) mass is 434 g/mol. The number of aryl methyl sites for hydroxylation is 1. The van der Waals surface area contributed by atoms with Crippen LogP contribution in [0.2, 0.25) is 5.15 Å². The summed E-state index contributed by atoms with van der Waals surface area (Å²) < 4.78 is 1.59. The first-order valence-corrected chi connectivity index (χ1v) is 10.2. The molecule has 0 saturated heterocycles. The Labute approximate surface area is 181 Å². The molecule has 1 amide bonds. The molecule has 0 fully saturated rings. The van der Waals surface area contributed by atoms with Crippen LogP contribution in [0, 0.1) is 18.3 Å². The van der Waals surface area contributed by atoms with Crippen LogP contribution in [0.1, 0.15) is 26.5 Å². The second kappa shape index (κ2) is 8.45. The van der Waals surface area contributed by atoms with E-state index in [2.05, 4.69) is 26.5 Å². The number of hydrogen-bond donors (Lipinski definition) is 1. The van der Waals surface area contributed by atoms with Gasteiger partial charge in [0.2, 0.25) is 0 Å². The van der Waals surface area contributed by atoms with Crippen LogP contribution < -0.4 is 5.32 Å². The molecule has 0 spiro atoms. The predicted octanol–water partition coefficient (Wildman–Crippen LogP) is 4.54. The first-order valence-electron chi connectivity index (χ1n) is 8.97. The van der Waals surface area contributed by atoms with Gasteiger partial charge in [-0.25, -0.2) is 9.67 Å². The lowest BCUT2D eigenvalue weighted by Crippen LogP contribution is -2.13. The van der Waals surface area contributed by atoms with E-state index < -0.39 is 5.91 Å². The number of thiazole rings is 1. The van der Waals surface area contributed by atoms with E-state index in [1.165, 1.54) is 0 Å². The van der Waals surface area contributed by atoms with Gasteiger partial charge in [0.05, 0.1) is 23.5 Å². The number of nitrogens with one attached hydrogen (secondary N) is 1. The van der Waals surface area contributed by atoms with Crippen molar-refractivity contribution in [1.29, 1.82) is 5.26 Å². The van der Waals surface area contributed by atoms with Gasteiger partial charge in [0.1, 0.15) is 21.8 Å². The highest BCUT2D eigenvalue weighted by Gasteiger charge is 2.23. The predicted molar refractivity (Wildman–Crippen MR) is 116 cm³/mol. The summed E-state index contributed by atoms with van der Waals surface area (Å²) in [5, 5.41) is 17.1. The largest absolute Gasteiger partial charge is 0.298 e. The third kappa shape index (κ3) is 3.94. The maximum absolute atomic E-state index is 12.9. The van der Waals surface area contributed by atoms with Crippen LogP contribution in [0.25, 0.3) is 11.4 Å². The van der Waals surface area contributed by atoms with E-state index in [1.54, 1.807) is 29.9 Å². The van der Waals surface area contributed by atoms with Gasteiger partial charge in [-0.15, -0.1) is 0 Å². The molecular formula is C21H15ClN6OS. The third-order valence-corrected chi connectivity index (χ3v) is 5.58. The van der Waals surface area contributed by atoms with Crippen molar-refractivity contribution >= 4 is 34.0 Å². The third-order valence-electron chi connectivity index (χ3n) is 4.32. The molecule has 0 aliphatic heterocycles. The lowest BCUT2D eigenvalue weighted by Gasteiger charge is -2.04. The molecule has 7 nitrogen and oxygen atoms in total. The summed E-state index contributed by atoms with van der Waals surface area (Å²) in [6, 6.07) is 17.2. The van der Waals surface area contributed by atoms with Crippen LogP contribution >= 0.6 is 22.9 Å².